The van der Waals surface area contributed by atoms with Gasteiger partial charge in [-0.25, -0.2) is 15.0 Å². The van der Waals surface area contributed by atoms with Crippen LogP contribution in [0.5, 0.6) is 0 Å². The van der Waals surface area contributed by atoms with Crippen LogP contribution in [-0.4, -0.2) is 21.5 Å². The van der Waals surface area contributed by atoms with E-state index in [2.05, 4.69) is 40.2 Å². The molecule has 3 heterocycles. The van der Waals surface area contributed by atoms with Gasteiger partial charge in [-0.2, -0.15) is 0 Å². The number of nitrogens with one attached hydrogen (secondary N) is 1. The van der Waals surface area contributed by atoms with E-state index in [0.717, 1.165) is 17.9 Å². The number of nitrogens with zero attached hydrogens (tertiary/aromatic N) is 3. The van der Waals surface area contributed by atoms with Gasteiger partial charge in [-0.3, -0.25) is 0 Å². The van der Waals surface area contributed by atoms with E-state index in [1.54, 1.807) is 0 Å². The predicted molar refractivity (Wildman–Crippen MR) is 96.5 cm³/mol. The molecule has 2 aromatic rings. The first kappa shape index (κ1) is 16.6. The van der Waals surface area contributed by atoms with Gasteiger partial charge in [-0.05, 0) is 18.6 Å². The van der Waals surface area contributed by atoms with Gasteiger partial charge in [0.1, 0.15) is 11.0 Å². The van der Waals surface area contributed by atoms with Crippen molar-refractivity contribution in [2.45, 2.75) is 36.6 Å². The second-order valence-electron chi connectivity index (χ2n) is 6.16. The minimum Gasteiger partial charge on any atom is -0.384 e. The van der Waals surface area contributed by atoms with Gasteiger partial charge in [0, 0.05) is 18.0 Å². The fourth-order valence-corrected chi connectivity index (χ4v) is 3.91. The molecule has 0 saturated heterocycles. The summed E-state index contributed by atoms with van der Waals surface area (Å²) in [5.41, 5.74) is 8.74. The Hall–Kier alpha value is -1.24. The van der Waals surface area contributed by atoms with Crippen LogP contribution in [0.1, 0.15) is 37.3 Å². The standard InChI is InChI=1S/C15H17Cl2N5S/c1-7(23-14-21-10(16)5-11(18)22-14)9-4-8-12(13(17)20-9)19-6-15(8,2)3/h4-5,7,19H,6H2,1-3H3,(H2,18,21,22). The van der Waals surface area contributed by atoms with Gasteiger partial charge in [0.2, 0.25) is 0 Å². The molecular formula is C15H17Cl2N5S. The van der Waals surface area contributed by atoms with E-state index in [1.165, 1.54) is 23.4 Å². The molecule has 1 atom stereocenters. The van der Waals surface area contributed by atoms with Crippen molar-refractivity contribution in [1.82, 2.24) is 15.0 Å². The lowest BCUT2D eigenvalue weighted by atomic mass is 9.87. The summed E-state index contributed by atoms with van der Waals surface area (Å²) in [5.74, 6) is 0.352. The van der Waals surface area contributed by atoms with Crippen LogP contribution in [0.3, 0.4) is 0 Å². The van der Waals surface area contributed by atoms with Crippen molar-refractivity contribution >= 4 is 46.5 Å². The number of rotatable bonds is 3. The molecule has 8 heteroatoms. The quantitative estimate of drug-likeness (QED) is 0.363. The van der Waals surface area contributed by atoms with Crippen molar-refractivity contribution in [2.24, 2.45) is 0 Å². The van der Waals surface area contributed by atoms with Gasteiger partial charge in [0.15, 0.2) is 10.3 Å². The summed E-state index contributed by atoms with van der Waals surface area (Å²) in [7, 11) is 0. The number of hydrogen-bond acceptors (Lipinski definition) is 6. The van der Waals surface area contributed by atoms with Crippen molar-refractivity contribution in [3.05, 3.63) is 33.7 Å². The number of halogens is 2. The zero-order chi connectivity index (χ0) is 16.8. The molecule has 0 aromatic carbocycles. The molecule has 0 amide bonds. The highest BCUT2D eigenvalue weighted by molar-refractivity contribution is 7.99. The highest BCUT2D eigenvalue weighted by atomic mass is 35.5. The molecule has 0 bridgehead atoms. The van der Waals surface area contributed by atoms with Crippen molar-refractivity contribution in [2.75, 3.05) is 17.6 Å². The number of pyridine rings is 1. The summed E-state index contributed by atoms with van der Waals surface area (Å²) < 4.78 is 0. The first-order valence-corrected chi connectivity index (χ1v) is 8.81. The molecule has 122 valence electrons. The molecule has 1 aliphatic rings. The maximum atomic E-state index is 6.34. The molecule has 0 fully saturated rings. The summed E-state index contributed by atoms with van der Waals surface area (Å²) in [6, 6.07) is 3.63. The van der Waals surface area contributed by atoms with E-state index < -0.39 is 0 Å². The molecule has 0 aliphatic carbocycles. The van der Waals surface area contributed by atoms with E-state index >= 15 is 0 Å². The topological polar surface area (TPSA) is 76.7 Å². The molecule has 5 nitrogen and oxygen atoms in total. The SMILES string of the molecule is CC(Sc1nc(N)cc(Cl)n1)c1cc2c(c(Cl)n1)NCC2(C)C. The lowest BCUT2D eigenvalue weighted by molar-refractivity contribution is 0.585. The van der Waals surface area contributed by atoms with Crippen LogP contribution in [0.15, 0.2) is 17.3 Å². The first-order chi connectivity index (χ1) is 10.8. The van der Waals surface area contributed by atoms with E-state index in [-0.39, 0.29) is 10.7 Å². The van der Waals surface area contributed by atoms with Crippen LogP contribution in [-0.2, 0) is 5.41 Å². The Morgan fingerprint density at radius 2 is 2.00 bits per heavy atom. The van der Waals surface area contributed by atoms with Gasteiger partial charge in [0.05, 0.1) is 16.6 Å². The number of aromatic nitrogens is 3. The van der Waals surface area contributed by atoms with Gasteiger partial charge in [0.25, 0.3) is 0 Å². The largest absolute Gasteiger partial charge is 0.384 e. The van der Waals surface area contributed by atoms with Gasteiger partial charge < -0.3 is 11.1 Å². The highest BCUT2D eigenvalue weighted by Crippen LogP contribution is 2.43. The predicted octanol–water partition coefficient (Wildman–Crippen LogP) is 4.32. The van der Waals surface area contributed by atoms with Crippen molar-refractivity contribution in [3.8, 4) is 0 Å². The number of nitrogen functional groups attached to an aromatic ring is 1. The summed E-state index contributed by atoms with van der Waals surface area (Å²) >= 11 is 13.7. The van der Waals surface area contributed by atoms with Gasteiger partial charge in [-0.15, -0.1) is 0 Å². The smallest absolute Gasteiger partial charge is 0.191 e. The minimum absolute atomic E-state index is 0.0204. The maximum Gasteiger partial charge on any atom is 0.191 e. The Labute approximate surface area is 149 Å². The van der Waals surface area contributed by atoms with Crippen LogP contribution in [0.2, 0.25) is 10.3 Å². The lowest BCUT2D eigenvalue weighted by Gasteiger charge is -2.19. The van der Waals surface area contributed by atoms with Crippen LogP contribution in [0.4, 0.5) is 11.5 Å². The third-order valence-electron chi connectivity index (χ3n) is 3.82. The molecule has 0 radical (unpaired) electrons. The molecule has 1 aliphatic heterocycles. The Morgan fingerprint density at radius 3 is 2.70 bits per heavy atom. The Balaban J connectivity index is 1.91. The molecule has 3 rings (SSSR count). The minimum atomic E-state index is 0.0204. The number of hydrogen-bond donors (Lipinski definition) is 2. The van der Waals surface area contributed by atoms with Gasteiger partial charge in [-0.1, -0.05) is 48.8 Å². The van der Waals surface area contributed by atoms with Crippen molar-refractivity contribution in [3.63, 3.8) is 0 Å². The monoisotopic (exact) mass is 369 g/mol. The second-order valence-corrected chi connectivity index (χ2v) is 8.21. The average molecular weight is 370 g/mol. The van der Waals surface area contributed by atoms with Crippen molar-refractivity contribution in [1.29, 1.82) is 0 Å². The Morgan fingerprint density at radius 1 is 1.26 bits per heavy atom. The van der Waals surface area contributed by atoms with Crippen LogP contribution < -0.4 is 11.1 Å². The summed E-state index contributed by atoms with van der Waals surface area (Å²) in [4.78, 5) is 12.9. The van der Waals surface area contributed by atoms with Crippen LogP contribution in [0, 0.1) is 0 Å². The Bertz CT molecular complexity index is 746. The highest BCUT2D eigenvalue weighted by Gasteiger charge is 2.33. The second kappa shape index (κ2) is 6.00. The molecule has 0 saturated carbocycles. The first-order valence-electron chi connectivity index (χ1n) is 7.18. The number of fused-ring (bicyclic) bond motifs is 1. The molecule has 0 spiro atoms. The summed E-state index contributed by atoms with van der Waals surface area (Å²) in [5, 5.41) is 4.71. The van der Waals surface area contributed by atoms with Crippen LogP contribution >= 0.6 is 35.0 Å². The van der Waals surface area contributed by atoms with E-state index in [1.807, 2.05) is 6.92 Å². The number of anilines is 2. The normalized spacial score (nSPS) is 16.7. The summed E-state index contributed by atoms with van der Waals surface area (Å²) in [6.07, 6.45) is 0. The number of nitrogens with two attached hydrogens (primary N) is 1. The maximum absolute atomic E-state index is 6.34. The van der Waals surface area contributed by atoms with E-state index in [0.29, 0.717) is 21.3 Å². The van der Waals surface area contributed by atoms with E-state index in [9.17, 15) is 0 Å². The van der Waals surface area contributed by atoms with Crippen molar-refractivity contribution < 1.29 is 0 Å². The Kier molecular flexibility index (Phi) is 4.33. The average Bonchev–Trinajstić information content (AvgIpc) is 2.74. The third kappa shape index (κ3) is 3.34. The molecule has 2 aromatic heterocycles. The fourth-order valence-electron chi connectivity index (χ4n) is 2.53. The zero-order valence-electron chi connectivity index (χ0n) is 13.0. The third-order valence-corrected chi connectivity index (χ3v) is 5.28. The van der Waals surface area contributed by atoms with Gasteiger partial charge >= 0.3 is 0 Å². The fraction of sp³-hybridized carbons (Fsp3) is 0.400. The summed E-state index contributed by atoms with van der Waals surface area (Å²) in [6.45, 7) is 7.25. The molecular weight excluding hydrogens is 353 g/mol. The van der Waals surface area contributed by atoms with Crippen LogP contribution in [0.25, 0.3) is 0 Å². The number of thioether (sulfide) groups is 1. The molecule has 23 heavy (non-hydrogen) atoms. The molecule has 1 unspecified atom stereocenters. The lowest BCUT2D eigenvalue weighted by Crippen LogP contribution is -2.19. The zero-order valence-corrected chi connectivity index (χ0v) is 15.4. The molecule has 3 N–H and O–H groups in total. The van der Waals surface area contributed by atoms with E-state index in [4.69, 9.17) is 28.9 Å².